The third-order valence-electron chi connectivity index (χ3n) is 17.0. The Morgan fingerprint density at radius 2 is 0.540 bits per heavy atom. The zero-order valence-corrected chi connectivity index (χ0v) is 34.5. The van der Waals surface area contributed by atoms with Crippen LogP contribution in [0.5, 0.6) is 0 Å². The van der Waals surface area contributed by atoms with Crippen molar-refractivity contribution in [2.75, 3.05) is 0 Å². The fourth-order valence-corrected chi connectivity index (χ4v) is 13.7. The molecule has 0 atom stereocenters. The van der Waals surface area contributed by atoms with Gasteiger partial charge in [0.25, 0.3) is 0 Å². The Labute approximate surface area is 313 Å². The van der Waals surface area contributed by atoms with Gasteiger partial charge in [-0.2, -0.15) is 0 Å². The molecule has 290 valence electrons. The monoisotopic (exact) mass is 693 g/mol. The van der Waals surface area contributed by atoms with Crippen LogP contribution in [0, 0.1) is 35.5 Å². The van der Waals surface area contributed by atoms with Gasteiger partial charge in [0, 0.05) is 36.3 Å². The van der Waals surface area contributed by atoms with Crippen molar-refractivity contribution >= 4 is 0 Å². The van der Waals surface area contributed by atoms with Crippen LogP contribution in [0.1, 0.15) is 233 Å². The van der Waals surface area contributed by atoms with Crippen molar-refractivity contribution in [1.29, 1.82) is 0 Å². The third-order valence-corrected chi connectivity index (χ3v) is 17.0. The van der Waals surface area contributed by atoms with E-state index in [0.717, 1.165) is 71.8 Å². The molecule has 0 saturated heterocycles. The first-order valence-corrected chi connectivity index (χ1v) is 24.1. The average molecular weight is 693 g/mol. The van der Waals surface area contributed by atoms with Gasteiger partial charge in [-0.25, -0.2) is 0 Å². The highest BCUT2D eigenvalue weighted by atomic mass is 15.2. The van der Waals surface area contributed by atoms with Crippen LogP contribution in [0.4, 0.5) is 0 Å². The minimum Gasteiger partial charge on any atom is -0.294 e. The highest BCUT2D eigenvalue weighted by molar-refractivity contribution is 4.96. The maximum Gasteiger partial charge on any atom is 0.0101 e. The van der Waals surface area contributed by atoms with E-state index in [2.05, 4.69) is 37.5 Å². The standard InChI is InChI=1S/C48H88N2/c1-5-9-11-39-17-29-45(30-18-39)49(43-25-13-37(7-3)14-26-43)47-33-21-41(22-34-47)42-23-35-48(36-24-42)50(44-27-15-38(8-4)16-28-44)46-31-19-40(20-32-46)12-10-6-2/h37-48H,5-36H2,1-4H3. The average Bonchev–Trinajstić information content (AvgIpc) is 3.18. The molecule has 6 aliphatic carbocycles. The Kier molecular flexibility index (Phi) is 16.3. The molecule has 0 spiro atoms. The van der Waals surface area contributed by atoms with E-state index in [-0.39, 0.29) is 0 Å². The molecule has 0 aromatic carbocycles. The lowest BCUT2D eigenvalue weighted by Crippen LogP contribution is -2.53. The van der Waals surface area contributed by atoms with Gasteiger partial charge in [0.2, 0.25) is 0 Å². The Morgan fingerprint density at radius 3 is 0.780 bits per heavy atom. The lowest BCUT2D eigenvalue weighted by molar-refractivity contribution is -0.0142. The van der Waals surface area contributed by atoms with Crippen LogP contribution >= 0.6 is 0 Å². The molecule has 50 heavy (non-hydrogen) atoms. The van der Waals surface area contributed by atoms with Crippen molar-refractivity contribution < 1.29 is 0 Å². The first-order valence-electron chi connectivity index (χ1n) is 24.1. The fourth-order valence-electron chi connectivity index (χ4n) is 13.7. The van der Waals surface area contributed by atoms with Crippen LogP contribution in [0.15, 0.2) is 0 Å². The van der Waals surface area contributed by atoms with E-state index in [4.69, 9.17) is 0 Å². The summed E-state index contributed by atoms with van der Waals surface area (Å²) in [5.41, 5.74) is 0. The van der Waals surface area contributed by atoms with Crippen LogP contribution in [-0.2, 0) is 0 Å². The van der Waals surface area contributed by atoms with E-state index in [1.165, 1.54) is 180 Å². The van der Waals surface area contributed by atoms with Gasteiger partial charge in [-0.05, 0) is 190 Å². The molecule has 0 radical (unpaired) electrons. The third kappa shape index (κ3) is 10.6. The summed E-state index contributed by atoms with van der Waals surface area (Å²) >= 11 is 0. The van der Waals surface area contributed by atoms with Gasteiger partial charge in [-0.15, -0.1) is 0 Å². The van der Waals surface area contributed by atoms with Crippen LogP contribution in [0.3, 0.4) is 0 Å². The summed E-state index contributed by atoms with van der Waals surface area (Å²) in [6, 6.07) is 5.45. The number of nitrogens with zero attached hydrogens (tertiary/aromatic N) is 2. The van der Waals surface area contributed by atoms with Gasteiger partial charge in [0.15, 0.2) is 0 Å². The van der Waals surface area contributed by atoms with Crippen molar-refractivity contribution in [2.45, 2.75) is 269 Å². The van der Waals surface area contributed by atoms with Crippen molar-refractivity contribution in [3.05, 3.63) is 0 Å². The SMILES string of the molecule is CCCCC1CCC(N(C2CCC(CC)CC2)C2CCC(C3CCC(N(C4CCC(CC)CC4)C4CCC(CCCC)CC4)CC3)CC2)CC1. The molecule has 6 rings (SSSR count). The first-order chi connectivity index (χ1) is 24.6. The van der Waals surface area contributed by atoms with Gasteiger partial charge < -0.3 is 0 Å². The van der Waals surface area contributed by atoms with E-state index < -0.39 is 0 Å². The Bertz CT molecular complexity index is 809. The summed E-state index contributed by atoms with van der Waals surface area (Å²) in [5, 5.41) is 0. The van der Waals surface area contributed by atoms with Gasteiger partial charge in [-0.3, -0.25) is 9.80 Å². The van der Waals surface area contributed by atoms with Crippen molar-refractivity contribution in [1.82, 2.24) is 9.80 Å². The molecule has 0 aliphatic heterocycles. The summed E-state index contributed by atoms with van der Waals surface area (Å²) < 4.78 is 0. The second kappa shape index (κ2) is 20.6. The zero-order chi connectivity index (χ0) is 34.7. The molecule has 0 heterocycles. The molecule has 0 bridgehead atoms. The molecule has 0 unspecified atom stereocenters. The van der Waals surface area contributed by atoms with Gasteiger partial charge in [-0.1, -0.05) is 79.1 Å². The summed E-state index contributed by atoms with van der Waals surface area (Å²) in [4.78, 5) is 6.52. The molecule has 0 N–H and O–H groups in total. The molecule has 6 fully saturated rings. The van der Waals surface area contributed by atoms with E-state index in [1.54, 1.807) is 25.7 Å². The Hall–Kier alpha value is -0.0800. The van der Waals surface area contributed by atoms with Crippen LogP contribution in [0.25, 0.3) is 0 Å². The second-order valence-corrected chi connectivity index (χ2v) is 19.8. The Morgan fingerprint density at radius 1 is 0.300 bits per heavy atom. The topological polar surface area (TPSA) is 6.48 Å². The quantitative estimate of drug-likeness (QED) is 0.169. The molecular weight excluding hydrogens is 605 g/mol. The number of hydrogen-bond donors (Lipinski definition) is 0. The summed E-state index contributed by atoms with van der Waals surface area (Å²) in [7, 11) is 0. The lowest BCUT2D eigenvalue weighted by Gasteiger charge is -2.51. The van der Waals surface area contributed by atoms with Crippen LogP contribution in [0.2, 0.25) is 0 Å². The summed E-state index contributed by atoms with van der Waals surface area (Å²) in [5.74, 6) is 6.20. The first kappa shape index (κ1) is 39.6. The minimum atomic E-state index is 0.907. The highest BCUT2D eigenvalue weighted by Crippen LogP contribution is 2.46. The maximum absolute atomic E-state index is 3.26. The smallest absolute Gasteiger partial charge is 0.0101 e. The van der Waals surface area contributed by atoms with E-state index in [1.807, 2.05) is 0 Å². The number of unbranched alkanes of at least 4 members (excludes halogenated alkanes) is 2. The molecule has 2 heteroatoms. The van der Waals surface area contributed by atoms with Crippen molar-refractivity contribution in [3.8, 4) is 0 Å². The summed E-state index contributed by atoms with van der Waals surface area (Å²) in [6.07, 6.45) is 48.2. The predicted octanol–water partition coefficient (Wildman–Crippen LogP) is 14.1. The van der Waals surface area contributed by atoms with Crippen LogP contribution in [-0.4, -0.2) is 46.1 Å². The predicted molar refractivity (Wildman–Crippen MR) is 218 cm³/mol. The van der Waals surface area contributed by atoms with E-state index in [0.29, 0.717) is 0 Å². The highest BCUT2D eigenvalue weighted by Gasteiger charge is 2.42. The largest absolute Gasteiger partial charge is 0.294 e. The molecule has 0 aromatic heterocycles. The van der Waals surface area contributed by atoms with Gasteiger partial charge in [0.05, 0.1) is 0 Å². The minimum absolute atomic E-state index is 0.907. The normalized spacial score (nSPS) is 40.7. The molecule has 0 amide bonds. The van der Waals surface area contributed by atoms with Gasteiger partial charge in [0.1, 0.15) is 0 Å². The molecular formula is C48H88N2. The molecule has 6 saturated carbocycles. The van der Waals surface area contributed by atoms with Crippen LogP contribution < -0.4 is 0 Å². The molecule has 6 aliphatic rings. The molecule has 2 nitrogen and oxygen atoms in total. The van der Waals surface area contributed by atoms with Crippen molar-refractivity contribution in [2.24, 2.45) is 35.5 Å². The number of hydrogen-bond acceptors (Lipinski definition) is 2. The van der Waals surface area contributed by atoms with E-state index >= 15 is 0 Å². The number of rotatable bonds is 15. The molecule has 0 aromatic rings. The van der Waals surface area contributed by atoms with Crippen molar-refractivity contribution in [3.63, 3.8) is 0 Å². The second-order valence-electron chi connectivity index (χ2n) is 19.8. The Balaban J connectivity index is 1.02. The van der Waals surface area contributed by atoms with E-state index in [9.17, 15) is 0 Å². The zero-order valence-electron chi connectivity index (χ0n) is 34.5. The fraction of sp³-hybridized carbons (Fsp3) is 1.00. The lowest BCUT2D eigenvalue weighted by atomic mass is 9.69. The summed E-state index contributed by atoms with van der Waals surface area (Å²) in [6.45, 7) is 9.67. The van der Waals surface area contributed by atoms with Gasteiger partial charge >= 0.3 is 0 Å². The maximum atomic E-state index is 3.26.